The molecule has 2 aliphatic carbocycles. The average molecular weight is 929 g/mol. The Morgan fingerprint density at radius 3 is 1.40 bits per heavy atom. The molecule has 0 bridgehead atoms. The minimum absolute atomic E-state index is 0.157. The van der Waals surface area contributed by atoms with Crippen LogP contribution in [0.25, 0.3) is 0 Å². The van der Waals surface area contributed by atoms with Gasteiger partial charge in [0.05, 0.1) is 37.4 Å². The first-order chi connectivity index (χ1) is 32.4. The van der Waals surface area contributed by atoms with Crippen LogP contribution in [0.5, 0.6) is 11.5 Å². The zero-order chi connectivity index (χ0) is 48.0. The normalized spacial score (nSPS) is 21.8. The molecule has 16 heteroatoms. The van der Waals surface area contributed by atoms with E-state index in [1.165, 1.54) is 0 Å². The van der Waals surface area contributed by atoms with Crippen molar-refractivity contribution in [3.8, 4) is 11.5 Å². The highest BCUT2D eigenvalue weighted by molar-refractivity contribution is 5.94. The Hall–Kier alpha value is -5.22. The van der Waals surface area contributed by atoms with Gasteiger partial charge in [0.2, 0.25) is 35.4 Å². The van der Waals surface area contributed by atoms with Crippen LogP contribution >= 0.6 is 0 Å². The molecule has 0 radical (unpaired) electrons. The first-order valence-electron chi connectivity index (χ1n) is 25.1. The van der Waals surface area contributed by atoms with Gasteiger partial charge in [0.25, 0.3) is 0 Å². The summed E-state index contributed by atoms with van der Waals surface area (Å²) in [6, 6.07) is 8.38. The summed E-state index contributed by atoms with van der Waals surface area (Å²) in [6.45, 7) is 9.31. The van der Waals surface area contributed by atoms with Gasteiger partial charge in [-0.25, -0.2) is 0 Å². The maximum absolute atomic E-state index is 13.8. The van der Waals surface area contributed by atoms with Crippen molar-refractivity contribution in [2.75, 3.05) is 40.4 Å². The van der Waals surface area contributed by atoms with E-state index in [0.717, 1.165) is 104 Å². The summed E-state index contributed by atoms with van der Waals surface area (Å²) in [5.41, 5.74) is 4.37. The van der Waals surface area contributed by atoms with Crippen LogP contribution in [0, 0.1) is 0 Å². The number of nitrogens with zero attached hydrogens (tertiary/aromatic N) is 2. The SMILES string of the molecule is CCC(NC(=O)C(C)NC)C(=O)N1CCC[C@H]1C(=O)N[C@@H]1CCCc2c(OCCCCCOc3cccc4c3CCC[C@H]4NC(=O)[C@@H]3CCCN3C(=O)C(CC)NC(=O)C(C)NC)cccc21. The molecule has 0 aromatic heterocycles. The third-order valence-corrected chi connectivity index (χ3v) is 14.2. The lowest BCUT2D eigenvalue weighted by molar-refractivity contribution is -0.141. The highest BCUT2D eigenvalue weighted by Crippen LogP contribution is 2.37. The van der Waals surface area contributed by atoms with Gasteiger partial charge >= 0.3 is 0 Å². The van der Waals surface area contributed by atoms with Crippen molar-refractivity contribution < 1.29 is 38.2 Å². The Kier molecular flexibility index (Phi) is 18.9. The van der Waals surface area contributed by atoms with Crippen LogP contribution in [0.15, 0.2) is 36.4 Å². The summed E-state index contributed by atoms with van der Waals surface area (Å²) < 4.78 is 12.7. The summed E-state index contributed by atoms with van der Waals surface area (Å²) >= 11 is 0. The number of benzene rings is 2. The summed E-state index contributed by atoms with van der Waals surface area (Å²) in [6.07, 6.45) is 11.3. The van der Waals surface area contributed by atoms with Gasteiger partial charge in [-0.3, -0.25) is 28.8 Å². The molecule has 4 aliphatic rings. The number of fused-ring (bicyclic) bond motifs is 2. The molecule has 16 nitrogen and oxygen atoms in total. The summed E-state index contributed by atoms with van der Waals surface area (Å²) in [7, 11) is 3.40. The number of rotatable bonds is 22. The van der Waals surface area contributed by atoms with Crippen molar-refractivity contribution >= 4 is 35.4 Å². The van der Waals surface area contributed by atoms with Gasteiger partial charge in [0, 0.05) is 13.1 Å². The number of carbonyl (C=O) groups is 6. The highest BCUT2D eigenvalue weighted by atomic mass is 16.5. The molecule has 2 aromatic rings. The van der Waals surface area contributed by atoms with E-state index in [1.54, 1.807) is 37.7 Å². The van der Waals surface area contributed by atoms with E-state index < -0.39 is 36.3 Å². The molecule has 2 saturated heterocycles. The number of hydrogen-bond donors (Lipinski definition) is 6. The first-order valence-corrected chi connectivity index (χ1v) is 25.1. The minimum atomic E-state index is -0.684. The maximum atomic E-state index is 13.8. The Balaban J connectivity index is 0.956. The molecule has 2 heterocycles. The van der Waals surface area contributed by atoms with Gasteiger partial charge in [0.1, 0.15) is 35.7 Å². The van der Waals surface area contributed by atoms with E-state index in [2.05, 4.69) is 44.0 Å². The number of likely N-dealkylation sites (tertiary alicyclic amines) is 2. The number of likely N-dealkylation sites (N-methyl/N-ethyl adjacent to an activating group) is 2. The fourth-order valence-corrected chi connectivity index (χ4v) is 10.0. The van der Waals surface area contributed by atoms with Crippen molar-refractivity contribution in [1.29, 1.82) is 0 Å². The number of hydrogen-bond acceptors (Lipinski definition) is 10. The zero-order valence-electron chi connectivity index (χ0n) is 40.7. The molecule has 2 fully saturated rings. The second kappa shape index (κ2) is 24.7. The molecule has 0 saturated carbocycles. The number of amides is 6. The van der Waals surface area contributed by atoms with Gasteiger partial charge in [-0.15, -0.1) is 0 Å². The topological polar surface area (TPSA) is 200 Å². The molecule has 2 aliphatic heterocycles. The number of nitrogens with one attached hydrogen (secondary N) is 6. The standard InChI is InChI=1S/C51H76N8O8/c1-7-38(54-46(60)32(3)52-5)50(64)58-28-16-24-42(58)48(62)56-40-22-12-20-36-34(40)18-14-26-44(36)66-30-10-9-11-31-67-45-27-15-19-35-37(45)21-13-23-41(35)57-49(63)43-25-17-29-59(43)51(65)39(8-2)55-47(61)33(4)53-6/h14-15,18-19,26-27,32-33,38-43,52-53H,7-13,16-17,20-25,28-31H2,1-6H3,(H,54,60)(H,55,61)(H,56,62)(H,57,63)/t32?,33?,38?,39?,40-,41-,42+,43+/m1/s1. The van der Waals surface area contributed by atoms with E-state index in [9.17, 15) is 28.8 Å². The van der Waals surface area contributed by atoms with Gasteiger partial charge < -0.3 is 51.2 Å². The second-order valence-corrected chi connectivity index (χ2v) is 18.7. The number of carbonyl (C=O) groups excluding carboxylic acids is 6. The van der Waals surface area contributed by atoms with E-state index in [-0.39, 0.29) is 47.5 Å². The molecule has 6 rings (SSSR count). The van der Waals surface area contributed by atoms with Gasteiger partial charge in [-0.05, 0) is 159 Å². The molecular formula is C51H76N8O8. The molecular weight excluding hydrogens is 853 g/mol. The molecule has 4 unspecified atom stereocenters. The Labute approximate surface area is 397 Å². The third kappa shape index (κ3) is 12.7. The fraction of sp³-hybridized carbons (Fsp3) is 0.647. The van der Waals surface area contributed by atoms with Gasteiger partial charge in [-0.2, -0.15) is 0 Å². The lowest BCUT2D eigenvalue weighted by Crippen LogP contribution is -2.55. The zero-order valence-corrected chi connectivity index (χ0v) is 40.7. The molecule has 0 spiro atoms. The van der Waals surface area contributed by atoms with Crippen molar-refractivity contribution in [2.45, 2.75) is 172 Å². The van der Waals surface area contributed by atoms with E-state index in [4.69, 9.17) is 9.47 Å². The second-order valence-electron chi connectivity index (χ2n) is 18.7. The van der Waals surface area contributed by atoms with Crippen molar-refractivity contribution in [3.05, 3.63) is 58.7 Å². The van der Waals surface area contributed by atoms with Crippen LogP contribution in [0.3, 0.4) is 0 Å². The highest BCUT2D eigenvalue weighted by Gasteiger charge is 2.40. The first kappa shape index (κ1) is 51.2. The molecule has 67 heavy (non-hydrogen) atoms. The van der Waals surface area contributed by atoms with Gasteiger partial charge in [0.15, 0.2) is 0 Å². The van der Waals surface area contributed by atoms with Crippen molar-refractivity contribution in [3.63, 3.8) is 0 Å². The largest absolute Gasteiger partial charge is 0.493 e. The van der Waals surface area contributed by atoms with Crippen LogP contribution < -0.4 is 41.4 Å². The van der Waals surface area contributed by atoms with Crippen LogP contribution in [0.4, 0.5) is 0 Å². The van der Waals surface area contributed by atoms with Crippen LogP contribution in [0.2, 0.25) is 0 Å². The lowest BCUT2D eigenvalue weighted by atomic mass is 9.87. The predicted molar refractivity (Wildman–Crippen MR) is 256 cm³/mol. The van der Waals surface area contributed by atoms with E-state index in [1.807, 2.05) is 38.1 Å². The van der Waals surface area contributed by atoms with Gasteiger partial charge in [-0.1, -0.05) is 38.1 Å². The monoisotopic (exact) mass is 929 g/mol. The maximum Gasteiger partial charge on any atom is 0.245 e. The van der Waals surface area contributed by atoms with Crippen molar-refractivity contribution in [2.24, 2.45) is 0 Å². The Morgan fingerprint density at radius 1 is 0.597 bits per heavy atom. The Morgan fingerprint density at radius 2 is 1.01 bits per heavy atom. The lowest BCUT2D eigenvalue weighted by Gasteiger charge is -2.32. The van der Waals surface area contributed by atoms with Crippen LogP contribution in [-0.4, -0.2) is 122 Å². The number of unbranched alkanes of at least 4 members (excludes halogenated alkanes) is 2. The summed E-state index contributed by atoms with van der Waals surface area (Å²) in [4.78, 5) is 83.1. The molecule has 6 N–H and O–H groups in total. The molecule has 8 atom stereocenters. The van der Waals surface area contributed by atoms with E-state index in [0.29, 0.717) is 52.0 Å². The Bertz CT molecular complexity index is 1910. The molecule has 6 amide bonds. The average Bonchev–Trinajstić information content (AvgIpc) is 4.05. The number of ether oxygens (including phenoxy) is 2. The molecule has 2 aromatic carbocycles. The quantitative estimate of drug-likeness (QED) is 0.0927. The smallest absolute Gasteiger partial charge is 0.245 e. The molecule has 368 valence electrons. The van der Waals surface area contributed by atoms with Crippen LogP contribution in [-0.2, 0) is 41.6 Å². The summed E-state index contributed by atoms with van der Waals surface area (Å²) in [5.74, 6) is 0.464. The minimum Gasteiger partial charge on any atom is -0.493 e. The fourth-order valence-electron chi connectivity index (χ4n) is 10.0. The third-order valence-electron chi connectivity index (χ3n) is 14.2. The summed E-state index contributed by atoms with van der Waals surface area (Å²) in [5, 5.41) is 18.1. The van der Waals surface area contributed by atoms with Crippen LogP contribution in [0.1, 0.15) is 146 Å². The van der Waals surface area contributed by atoms with E-state index >= 15 is 0 Å². The van der Waals surface area contributed by atoms with Crippen molar-refractivity contribution in [1.82, 2.24) is 41.7 Å². The predicted octanol–water partition coefficient (Wildman–Crippen LogP) is 4.29.